The Morgan fingerprint density at radius 1 is 0.625 bits per heavy atom. The van der Waals surface area contributed by atoms with Gasteiger partial charge in [0.25, 0.3) is 0 Å². The van der Waals surface area contributed by atoms with E-state index < -0.39 is 5.97 Å². The van der Waals surface area contributed by atoms with Crippen LogP contribution in [0.1, 0.15) is 148 Å². The van der Waals surface area contributed by atoms with Crippen LogP contribution in [-0.4, -0.2) is 22.3 Å². The Bertz CT molecular complexity index is 442. The summed E-state index contributed by atoms with van der Waals surface area (Å²) in [7, 11) is 0. The van der Waals surface area contributed by atoms with Crippen LogP contribution in [0.3, 0.4) is 0 Å². The van der Waals surface area contributed by atoms with Crippen molar-refractivity contribution in [1.82, 2.24) is 0 Å². The summed E-state index contributed by atoms with van der Waals surface area (Å²) in [5.41, 5.74) is 0. The Morgan fingerprint density at radius 3 is 1.47 bits per heavy atom. The molecule has 0 bridgehead atoms. The number of carboxylic acid groups (broad SMARTS) is 1. The van der Waals surface area contributed by atoms with Gasteiger partial charge < -0.3 is 10.2 Å². The van der Waals surface area contributed by atoms with E-state index in [1.54, 1.807) is 0 Å². The number of rotatable bonds is 25. The molecule has 32 heavy (non-hydrogen) atoms. The summed E-state index contributed by atoms with van der Waals surface area (Å²) in [4.78, 5) is 10.4. The maximum atomic E-state index is 10.4. The molecule has 0 aromatic rings. The first-order valence-corrected chi connectivity index (χ1v) is 13.9. The van der Waals surface area contributed by atoms with Crippen molar-refractivity contribution in [3.8, 4) is 0 Å². The Hall–Kier alpha value is -1.09. The van der Waals surface area contributed by atoms with E-state index in [1.807, 2.05) is 0 Å². The molecular formula is C29H54O3. The highest BCUT2D eigenvalue weighted by Gasteiger charge is 2.01. The second kappa shape index (κ2) is 26.2. The van der Waals surface area contributed by atoms with E-state index in [0.29, 0.717) is 6.42 Å². The third-order valence-corrected chi connectivity index (χ3v) is 6.18. The average molecular weight is 451 g/mol. The Kier molecular flexibility index (Phi) is 25.3. The predicted octanol–water partition coefficient (Wildman–Crippen LogP) is 9.15. The molecular weight excluding hydrogens is 396 g/mol. The predicted molar refractivity (Wildman–Crippen MR) is 139 cm³/mol. The zero-order valence-corrected chi connectivity index (χ0v) is 21.2. The molecule has 2 N–H and O–H groups in total. The van der Waals surface area contributed by atoms with Crippen molar-refractivity contribution in [3.05, 3.63) is 24.3 Å². The fraction of sp³-hybridized carbons (Fsp3) is 0.828. The molecule has 188 valence electrons. The Labute approximate surface area is 199 Å². The van der Waals surface area contributed by atoms with Crippen LogP contribution in [0.5, 0.6) is 0 Å². The Morgan fingerprint density at radius 2 is 1.03 bits per heavy atom. The van der Waals surface area contributed by atoms with E-state index in [4.69, 9.17) is 5.11 Å². The highest BCUT2D eigenvalue weighted by molar-refractivity contribution is 5.66. The number of aliphatic carboxylic acids is 1. The second-order valence-corrected chi connectivity index (χ2v) is 9.42. The lowest BCUT2D eigenvalue weighted by atomic mass is 10.0. The van der Waals surface area contributed by atoms with Crippen LogP contribution in [0.15, 0.2) is 24.3 Å². The summed E-state index contributed by atoms with van der Waals surface area (Å²) in [5, 5.41) is 18.6. The van der Waals surface area contributed by atoms with Gasteiger partial charge in [-0.2, -0.15) is 0 Å². The van der Waals surface area contributed by atoms with Gasteiger partial charge in [-0.1, -0.05) is 134 Å². The lowest BCUT2D eigenvalue weighted by Gasteiger charge is -2.07. The van der Waals surface area contributed by atoms with Crippen molar-refractivity contribution >= 4 is 5.97 Å². The van der Waals surface area contributed by atoms with Crippen molar-refractivity contribution in [2.75, 3.05) is 0 Å². The maximum Gasteiger partial charge on any atom is 0.303 e. The summed E-state index contributed by atoms with van der Waals surface area (Å²) in [6, 6.07) is 0. The number of hydrogen-bond donors (Lipinski definition) is 2. The van der Waals surface area contributed by atoms with E-state index in [2.05, 4.69) is 31.2 Å². The second-order valence-electron chi connectivity index (χ2n) is 9.42. The zero-order chi connectivity index (χ0) is 23.5. The molecule has 0 spiro atoms. The average Bonchev–Trinajstić information content (AvgIpc) is 2.77. The fourth-order valence-corrected chi connectivity index (χ4v) is 4.12. The van der Waals surface area contributed by atoms with E-state index in [-0.39, 0.29) is 6.10 Å². The summed E-state index contributed by atoms with van der Waals surface area (Å²) >= 11 is 0. The van der Waals surface area contributed by atoms with Gasteiger partial charge in [0.1, 0.15) is 0 Å². The van der Waals surface area contributed by atoms with E-state index in [1.165, 1.54) is 89.9 Å². The van der Waals surface area contributed by atoms with E-state index in [0.717, 1.165) is 44.9 Å². The topological polar surface area (TPSA) is 57.5 Å². The van der Waals surface area contributed by atoms with Crippen molar-refractivity contribution in [1.29, 1.82) is 0 Å². The van der Waals surface area contributed by atoms with Gasteiger partial charge in [-0.15, -0.1) is 0 Å². The molecule has 0 fully saturated rings. The first kappa shape index (κ1) is 30.9. The number of hydrogen-bond acceptors (Lipinski definition) is 2. The molecule has 0 aromatic carbocycles. The molecule has 1 atom stereocenters. The van der Waals surface area contributed by atoms with Crippen LogP contribution in [0, 0.1) is 0 Å². The third kappa shape index (κ3) is 26.9. The molecule has 0 aliphatic rings. The molecule has 0 aliphatic carbocycles. The fourth-order valence-electron chi connectivity index (χ4n) is 4.12. The van der Waals surface area contributed by atoms with E-state index >= 15 is 0 Å². The van der Waals surface area contributed by atoms with Crippen LogP contribution in [0.4, 0.5) is 0 Å². The zero-order valence-electron chi connectivity index (χ0n) is 21.2. The molecule has 0 radical (unpaired) electrons. The van der Waals surface area contributed by atoms with Crippen molar-refractivity contribution < 1.29 is 15.0 Å². The molecule has 0 aromatic heterocycles. The standard InChI is InChI=1S/C29H54O3/c1-2-3-4-5-19-22-25-28(30)26-23-20-17-15-13-11-9-7-6-8-10-12-14-16-18-21-24-27-29(31)32/h3-4,19,22,28,30H,2,5-18,20-21,23-27H2,1H3,(H,31,32). The highest BCUT2D eigenvalue weighted by atomic mass is 16.4. The summed E-state index contributed by atoms with van der Waals surface area (Å²) in [5.74, 6) is -0.661. The Balaban J connectivity index is 3.17. The first-order valence-electron chi connectivity index (χ1n) is 13.9. The van der Waals surface area contributed by atoms with Gasteiger partial charge >= 0.3 is 5.97 Å². The van der Waals surface area contributed by atoms with Crippen LogP contribution in [0.2, 0.25) is 0 Å². The molecule has 0 heterocycles. The van der Waals surface area contributed by atoms with Gasteiger partial charge in [0.05, 0.1) is 6.10 Å². The van der Waals surface area contributed by atoms with Crippen molar-refractivity contribution in [2.24, 2.45) is 0 Å². The van der Waals surface area contributed by atoms with Gasteiger partial charge in [0.2, 0.25) is 0 Å². The minimum atomic E-state index is -0.661. The summed E-state index contributed by atoms with van der Waals surface area (Å²) in [6.07, 6.45) is 34.5. The molecule has 0 aliphatic heterocycles. The van der Waals surface area contributed by atoms with Gasteiger partial charge in [0.15, 0.2) is 0 Å². The lowest BCUT2D eigenvalue weighted by Crippen LogP contribution is -2.04. The number of carbonyl (C=O) groups is 1. The van der Waals surface area contributed by atoms with Crippen LogP contribution in [0.25, 0.3) is 0 Å². The molecule has 0 amide bonds. The van der Waals surface area contributed by atoms with Gasteiger partial charge in [0, 0.05) is 6.42 Å². The quantitative estimate of drug-likeness (QED) is 0.108. The number of carboxylic acids is 1. The van der Waals surface area contributed by atoms with Crippen LogP contribution >= 0.6 is 0 Å². The normalized spacial score (nSPS) is 12.8. The first-order chi connectivity index (χ1) is 15.7. The minimum absolute atomic E-state index is 0.162. The molecule has 3 nitrogen and oxygen atoms in total. The molecule has 0 saturated carbocycles. The van der Waals surface area contributed by atoms with Gasteiger partial charge in [-0.3, -0.25) is 4.79 Å². The molecule has 0 saturated heterocycles. The molecule has 0 rings (SSSR count). The number of aliphatic hydroxyl groups is 1. The molecule has 1 unspecified atom stereocenters. The van der Waals surface area contributed by atoms with E-state index in [9.17, 15) is 9.90 Å². The smallest absolute Gasteiger partial charge is 0.303 e. The molecule has 3 heteroatoms. The maximum absolute atomic E-state index is 10.4. The van der Waals surface area contributed by atoms with Gasteiger partial charge in [-0.05, 0) is 32.1 Å². The van der Waals surface area contributed by atoms with Gasteiger partial charge in [-0.25, -0.2) is 0 Å². The van der Waals surface area contributed by atoms with Crippen LogP contribution < -0.4 is 0 Å². The number of unbranched alkanes of at least 4 members (excludes halogenated alkanes) is 16. The third-order valence-electron chi connectivity index (χ3n) is 6.18. The monoisotopic (exact) mass is 450 g/mol. The van der Waals surface area contributed by atoms with Crippen molar-refractivity contribution in [3.63, 3.8) is 0 Å². The SMILES string of the molecule is CCC=CCC=CCC(O)CCCCCCCCCCCCCCCCCCCC(=O)O. The van der Waals surface area contributed by atoms with Crippen LogP contribution in [-0.2, 0) is 4.79 Å². The van der Waals surface area contributed by atoms with Crippen molar-refractivity contribution in [2.45, 2.75) is 154 Å². The minimum Gasteiger partial charge on any atom is -0.481 e. The summed E-state index contributed by atoms with van der Waals surface area (Å²) in [6.45, 7) is 2.15. The largest absolute Gasteiger partial charge is 0.481 e. The number of aliphatic hydroxyl groups excluding tert-OH is 1. The lowest BCUT2D eigenvalue weighted by molar-refractivity contribution is -0.137. The summed E-state index contributed by atoms with van der Waals surface area (Å²) < 4.78 is 0. The highest BCUT2D eigenvalue weighted by Crippen LogP contribution is 2.15. The number of allylic oxidation sites excluding steroid dienone is 3.